The zero-order chi connectivity index (χ0) is 15.4. The van der Waals surface area contributed by atoms with Crippen LogP contribution in [0, 0.1) is 0 Å². The first kappa shape index (κ1) is 15.9. The zero-order valence-corrected chi connectivity index (χ0v) is 12.3. The monoisotopic (exact) mass is 294 g/mol. The number of rotatable bonds is 4. The Morgan fingerprint density at radius 2 is 2.00 bits per heavy atom. The lowest BCUT2D eigenvalue weighted by Gasteiger charge is -2.40. The predicted molar refractivity (Wildman–Crippen MR) is 77.8 cm³/mol. The molecule has 1 heterocycles. The van der Waals surface area contributed by atoms with Gasteiger partial charge in [0.25, 0.3) is 5.91 Å². The van der Waals surface area contributed by atoms with Crippen LogP contribution in [-0.4, -0.2) is 66.2 Å². The van der Waals surface area contributed by atoms with Gasteiger partial charge in [0.2, 0.25) is 0 Å². The van der Waals surface area contributed by atoms with Gasteiger partial charge >= 0.3 is 0 Å². The maximum absolute atomic E-state index is 12.0. The summed E-state index contributed by atoms with van der Waals surface area (Å²) in [6.45, 7) is 0.293. The van der Waals surface area contributed by atoms with Gasteiger partial charge in [-0.05, 0) is 32.6 Å². The van der Waals surface area contributed by atoms with Crippen molar-refractivity contribution in [3.63, 3.8) is 0 Å². The molecule has 116 valence electrons. The first-order chi connectivity index (χ1) is 9.99. The van der Waals surface area contributed by atoms with Crippen molar-refractivity contribution in [2.45, 2.75) is 31.0 Å². The summed E-state index contributed by atoms with van der Waals surface area (Å²) in [6, 6.07) is 8.71. The molecule has 1 aromatic rings. The molecular formula is C15H22N2O4. The van der Waals surface area contributed by atoms with Crippen LogP contribution in [0.2, 0.25) is 0 Å². The number of likely N-dealkylation sites (N-methyl/N-ethyl adjacent to an activating group) is 1. The highest BCUT2D eigenvalue weighted by Gasteiger charge is 2.37. The molecule has 1 aliphatic heterocycles. The second-order valence-electron chi connectivity index (χ2n) is 5.48. The highest BCUT2D eigenvalue weighted by molar-refractivity contribution is 5.94. The molecular weight excluding hydrogens is 272 g/mol. The SMILES string of the molecule is CN(C)C1C[C@@H](CNC(=O)c2ccccc2)O[C@@H](O)C1O. The number of nitrogens with zero attached hydrogens (tertiary/aromatic N) is 1. The van der Waals surface area contributed by atoms with Gasteiger partial charge in [-0.2, -0.15) is 0 Å². The molecule has 1 amide bonds. The quantitative estimate of drug-likeness (QED) is 0.717. The topological polar surface area (TPSA) is 82.0 Å². The van der Waals surface area contributed by atoms with Crippen LogP contribution in [0.4, 0.5) is 0 Å². The smallest absolute Gasteiger partial charge is 0.251 e. The minimum absolute atomic E-state index is 0.179. The number of amides is 1. The summed E-state index contributed by atoms with van der Waals surface area (Å²) in [5.74, 6) is -0.179. The van der Waals surface area contributed by atoms with Crippen molar-refractivity contribution < 1.29 is 19.7 Å². The number of hydrogen-bond acceptors (Lipinski definition) is 5. The van der Waals surface area contributed by atoms with Crippen LogP contribution in [0.1, 0.15) is 16.8 Å². The highest BCUT2D eigenvalue weighted by atomic mass is 16.6. The van der Waals surface area contributed by atoms with Crippen molar-refractivity contribution in [3.05, 3.63) is 35.9 Å². The van der Waals surface area contributed by atoms with Gasteiger partial charge in [0.15, 0.2) is 6.29 Å². The second kappa shape index (κ2) is 7.00. The number of hydrogen-bond donors (Lipinski definition) is 3. The van der Waals surface area contributed by atoms with Crippen molar-refractivity contribution >= 4 is 5.91 Å². The number of aliphatic hydroxyl groups is 2. The van der Waals surface area contributed by atoms with E-state index in [2.05, 4.69) is 5.32 Å². The molecule has 0 aromatic heterocycles. The Bertz CT molecular complexity index is 466. The Hall–Kier alpha value is -1.47. The van der Waals surface area contributed by atoms with Gasteiger partial charge in [0, 0.05) is 18.2 Å². The molecule has 21 heavy (non-hydrogen) atoms. The van der Waals surface area contributed by atoms with E-state index in [0.717, 1.165) is 0 Å². The number of benzene rings is 1. The lowest BCUT2D eigenvalue weighted by molar-refractivity contribution is -0.232. The van der Waals surface area contributed by atoms with Crippen LogP contribution in [0.5, 0.6) is 0 Å². The summed E-state index contributed by atoms with van der Waals surface area (Å²) in [6.07, 6.45) is -1.96. The summed E-state index contributed by atoms with van der Waals surface area (Å²) >= 11 is 0. The maximum atomic E-state index is 12.0. The molecule has 2 unspecified atom stereocenters. The third-order valence-electron chi connectivity index (χ3n) is 3.71. The van der Waals surface area contributed by atoms with Gasteiger partial charge in [-0.1, -0.05) is 18.2 Å². The van der Waals surface area contributed by atoms with E-state index in [4.69, 9.17) is 4.74 Å². The van der Waals surface area contributed by atoms with Crippen LogP contribution in [-0.2, 0) is 4.74 Å². The molecule has 1 fully saturated rings. The van der Waals surface area contributed by atoms with Gasteiger partial charge in [-0.3, -0.25) is 4.79 Å². The summed E-state index contributed by atoms with van der Waals surface area (Å²) < 4.78 is 5.33. The van der Waals surface area contributed by atoms with E-state index in [0.29, 0.717) is 18.5 Å². The third-order valence-corrected chi connectivity index (χ3v) is 3.71. The molecule has 0 spiro atoms. The third kappa shape index (κ3) is 4.01. The molecule has 0 saturated carbocycles. The van der Waals surface area contributed by atoms with Crippen molar-refractivity contribution in [1.82, 2.24) is 10.2 Å². The number of aliphatic hydroxyl groups excluding tert-OH is 2. The molecule has 1 aliphatic rings. The van der Waals surface area contributed by atoms with E-state index in [-0.39, 0.29) is 18.1 Å². The van der Waals surface area contributed by atoms with E-state index in [1.54, 1.807) is 24.3 Å². The Kier molecular flexibility index (Phi) is 5.30. The number of carbonyl (C=O) groups excluding carboxylic acids is 1. The lowest BCUT2D eigenvalue weighted by atomic mass is 9.98. The van der Waals surface area contributed by atoms with E-state index < -0.39 is 12.4 Å². The summed E-state index contributed by atoms with van der Waals surface area (Å²) in [5.41, 5.74) is 0.582. The number of carbonyl (C=O) groups is 1. The molecule has 0 radical (unpaired) electrons. The molecule has 4 atom stereocenters. The number of nitrogens with one attached hydrogen (secondary N) is 1. The Morgan fingerprint density at radius 1 is 1.33 bits per heavy atom. The van der Waals surface area contributed by atoms with Crippen molar-refractivity contribution in [2.24, 2.45) is 0 Å². The Morgan fingerprint density at radius 3 is 2.62 bits per heavy atom. The van der Waals surface area contributed by atoms with Crippen molar-refractivity contribution in [1.29, 1.82) is 0 Å². The highest BCUT2D eigenvalue weighted by Crippen LogP contribution is 2.21. The van der Waals surface area contributed by atoms with Crippen LogP contribution >= 0.6 is 0 Å². The van der Waals surface area contributed by atoms with Gasteiger partial charge in [0.1, 0.15) is 6.10 Å². The summed E-state index contributed by atoms with van der Waals surface area (Å²) in [7, 11) is 3.68. The molecule has 6 heteroatoms. The van der Waals surface area contributed by atoms with Crippen molar-refractivity contribution in [2.75, 3.05) is 20.6 Å². The molecule has 2 rings (SSSR count). The van der Waals surface area contributed by atoms with Gasteiger partial charge < -0.3 is 25.2 Å². The average molecular weight is 294 g/mol. The largest absolute Gasteiger partial charge is 0.386 e. The van der Waals surface area contributed by atoms with Crippen LogP contribution in [0.15, 0.2) is 30.3 Å². The molecule has 1 saturated heterocycles. The normalized spacial score (nSPS) is 29.4. The fourth-order valence-electron chi connectivity index (χ4n) is 2.48. The number of ether oxygens (including phenoxy) is 1. The summed E-state index contributed by atoms with van der Waals surface area (Å²) in [5, 5.41) is 22.4. The van der Waals surface area contributed by atoms with Gasteiger partial charge in [0.05, 0.1) is 6.10 Å². The van der Waals surface area contributed by atoms with Crippen molar-refractivity contribution in [3.8, 4) is 0 Å². The minimum atomic E-state index is -1.23. The molecule has 0 aliphatic carbocycles. The van der Waals surface area contributed by atoms with Gasteiger partial charge in [-0.25, -0.2) is 0 Å². The maximum Gasteiger partial charge on any atom is 0.251 e. The van der Waals surface area contributed by atoms with E-state index in [1.807, 2.05) is 25.1 Å². The Labute approximate surface area is 124 Å². The van der Waals surface area contributed by atoms with Crippen LogP contribution in [0.3, 0.4) is 0 Å². The van der Waals surface area contributed by atoms with E-state index in [9.17, 15) is 15.0 Å². The van der Waals surface area contributed by atoms with E-state index >= 15 is 0 Å². The van der Waals surface area contributed by atoms with Crippen LogP contribution in [0.25, 0.3) is 0 Å². The van der Waals surface area contributed by atoms with Crippen LogP contribution < -0.4 is 5.32 Å². The first-order valence-corrected chi connectivity index (χ1v) is 7.00. The van der Waals surface area contributed by atoms with E-state index in [1.165, 1.54) is 0 Å². The fraction of sp³-hybridized carbons (Fsp3) is 0.533. The first-order valence-electron chi connectivity index (χ1n) is 7.00. The minimum Gasteiger partial charge on any atom is -0.386 e. The average Bonchev–Trinajstić information content (AvgIpc) is 2.48. The molecule has 3 N–H and O–H groups in total. The van der Waals surface area contributed by atoms with Gasteiger partial charge in [-0.15, -0.1) is 0 Å². The summed E-state index contributed by atoms with van der Waals surface area (Å²) in [4.78, 5) is 13.8. The second-order valence-corrected chi connectivity index (χ2v) is 5.48. The molecule has 0 bridgehead atoms. The predicted octanol–water partition coefficient (Wildman–Crippen LogP) is -0.185. The lowest BCUT2D eigenvalue weighted by Crippen LogP contribution is -2.55. The fourth-order valence-corrected chi connectivity index (χ4v) is 2.48. The Balaban J connectivity index is 1.90. The zero-order valence-electron chi connectivity index (χ0n) is 12.3. The standard InChI is InChI=1S/C15H22N2O4/c1-17(2)12-8-11(21-15(20)13(12)18)9-16-14(19)10-6-4-3-5-7-10/h3-7,11-13,15,18,20H,8-9H2,1-2H3,(H,16,19)/t11-,12?,13?,15+/m0/s1. The molecule has 1 aromatic carbocycles. The molecule has 6 nitrogen and oxygen atoms in total.